The Bertz CT molecular complexity index is 3140. The van der Waals surface area contributed by atoms with Gasteiger partial charge in [0.05, 0.1) is 59.6 Å². The zero-order chi connectivity index (χ0) is 70.0. The van der Waals surface area contributed by atoms with Crippen molar-refractivity contribution in [3.63, 3.8) is 0 Å². The molecule has 8 saturated heterocycles. The van der Waals surface area contributed by atoms with Crippen LogP contribution in [0.15, 0.2) is 82.6 Å². The summed E-state index contributed by atoms with van der Waals surface area (Å²) < 4.78 is 151. The predicted molar refractivity (Wildman–Crippen MR) is 351 cm³/mol. The van der Waals surface area contributed by atoms with E-state index in [9.17, 15) is 45.7 Å². The van der Waals surface area contributed by atoms with Gasteiger partial charge in [0.1, 0.15) is 61.0 Å². The molecular formula is C65H100O24P2S3. The van der Waals surface area contributed by atoms with Crippen LogP contribution in [0, 0.1) is 13.8 Å². The van der Waals surface area contributed by atoms with E-state index in [0.717, 1.165) is 11.1 Å². The fraction of sp³-hybridized carbons (Fsp3) is 0.723. The van der Waals surface area contributed by atoms with E-state index in [4.69, 9.17) is 64.1 Å². The van der Waals surface area contributed by atoms with Gasteiger partial charge in [-0.1, -0.05) is 103 Å². The Balaban J connectivity index is 0.000000172. The number of hydrogen-bond donors (Lipinski definition) is 4. The summed E-state index contributed by atoms with van der Waals surface area (Å²) in [5, 5.41) is 43.2. The second-order valence-electron chi connectivity index (χ2n) is 27.8. The molecule has 11 rings (SSSR count). The maximum Gasteiger partial charge on any atom is 0.400 e. The molecule has 0 bridgehead atoms. The van der Waals surface area contributed by atoms with Crippen LogP contribution in [-0.2, 0) is 94.7 Å². The lowest BCUT2D eigenvalue weighted by molar-refractivity contribution is -0.162. The highest BCUT2D eigenvalue weighted by atomic mass is 32.3. The van der Waals surface area contributed by atoms with Gasteiger partial charge in [0.2, 0.25) is 0 Å². The van der Waals surface area contributed by atoms with Crippen molar-refractivity contribution in [2.45, 2.75) is 298 Å². The minimum absolute atomic E-state index is 0.0782. The fourth-order valence-corrected chi connectivity index (χ4v) is 23.5. The Morgan fingerprint density at radius 1 is 0.426 bits per heavy atom. The van der Waals surface area contributed by atoms with Crippen molar-refractivity contribution in [1.29, 1.82) is 0 Å². The van der Waals surface area contributed by atoms with Gasteiger partial charge < -0.3 is 67.8 Å². The van der Waals surface area contributed by atoms with Crippen LogP contribution in [0.25, 0.3) is 0 Å². The molecule has 0 saturated carbocycles. The van der Waals surface area contributed by atoms with Crippen LogP contribution in [0.3, 0.4) is 0 Å². The predicted octanol–water partition coefficient (Wildman–Crippen LogP) is 7.02. The largest absolute Gasteiger partial charge is 0.400 e. The van der Waals surface area contributed by atoms with Gasteiger partial charge in [0.25, 0.3) is 20.2 Å². The average Bonchev–Trinajstić information content (AvgIpc) is 1.57. The number of rotatable bonds is 14. The molecule has 8 aliphatic heterocycles. The van der Waals surface area contributed by atoms with Crippen molar-refractivity contribution in [2.24, 2.45) is 0 Å². The van der Waals surface area contributed by atoms with E-state index >= 15 is 0 Å². The normalized spacial score (nSPS) is 36.8. The Morgan fingerprint density at radius 2 is 0.681 bits per heavy atom. The standard InChI is InChI=1S/C24H36O4P2.C23H30O10S2.C9H16O6S.C9H18O4/c1-13-19-20(26-23(5,6)25-19)14(2)29(13)17-11-9-10-12-18(17)30-15(3)21-22(16(30)4)28-24(7,8)27-21;1-15-5-9-17(10-6-15)34(26,27)30-13-19(24)21-22(33-23(3,4)32-21)20(25)14-31-35(28,29)18-11-7-16(2)8-12-18;1-5-7-8(13-9(3,4)12-7)6(2)15-16(10,11)14-5;1-5(10)7-8(6(2)11)13-9(3,4)12-7/h9-16,19-22H,1-8H3;5-12,19-22,24-25H,13-14H2,1-4H3;5-8H,1-4H3;5-8,10-11H,1-4H3/t13-,14-,15-,16-,19+,20+,21+,22+;19-,20-,21-,22-;2*5-,6-,7-,8-/m0111/s1. The molecule has 3 aromatic carbocycles. The van der Waals surface area contributed by atoms with Gasteiger partial charge in [0, 0.05) is 22.6 Å². The van der Waals surface area contributed by atoms with Crippen LogP contribution in [-0.4, -0.2) is 208 Å². The Labute approximate surface area is 558 Å². The molecule has 20 atom stereocenters. The van der Waals surface area contributed by atoms with Crippen LogP contribution in [0.2, 0.25) is 0 Å². The molecule has 532 valence electrons. The van der Waals surface area contributed by atoms with Gasteiger partial charge in [-0.15, -0.1) is 0 Å². The monoisotopic (exact) mass is 1420 g/mol. The molecule has 94 heavy (non-hydrogen) atoms. The first kappa shape index (κ1) is 77.4. The molecule has 0 amide bonds. The molecule has 8 aliphatic rings. The summed E-state index contributed by atoms with van der Waals surface area (Å²) in [4.78, 5) is -0.156. The van der Waals surface area contributed by atoms with Crippen LogP contribution in [0.5, 0.6) is 0 Å². The van der Waals surface area contributed by atoms with Crippen molar-refractivity contribution in [2.75, 3.05) is 13.2 Å². The number of benzene rings is 3. The Morgan fingerprint density at radius 3 is 0.957 bits per heavy atom. The van der Waals surface area contributed by atoms with Crippen molar-refractivity contribution in [3.8, 4) is 0 Å². The van der Waals surface area contributed by atoms with E-state index < -0.39 is 146 Å². The average molecular weight is 1420 g/mol. The molecule has 0 radical (unpaired) electrons. The van der Waals surface area contributed by atoms with Crippen LogP contribution in [0.4, 0.5) is 0 Å². The summed E-state index contributed by atoms with van der Waals surface area (Å²) in [6.45, 7) is 36.6. The van der Waals surface area contributed by atoms with Gasteiger partial charge in [-0.25, -0.2) is 8.37 Å². The van der Waals surface area contributed by atoms with Gasteiger partial charge in [-0.3, -0.25) is 8.37 Å². The molecule has 3 aromatic rings. The molecule has 0 aromatic heterocycles. The summed E-state index contributed by atoms with van der Waals surface area (Å²) in [6.07, 6.45) is -8.99. The highest BCUT2D eigenvalue weighted by Crippen LogP contribution is 2.63. The Kier molecular flexibility index (Phi) is 24.1. The van der Waals surface area contributed by atoms with Crippen LogP contribution in [0.1, 0.15) is 136 Å². The van der Waals surface area contributed by atoms with E-state index in [2.05, 4.69) is 52.0 Å². The summed E-state index contributed by atoms with van der Waals surface area (Å²) in [7, 11) is -13.0. The number of fused-ring (bicyclic) bond motifs is 3. The molecule has 24 nitrogen and oxygen atoms in total. The molecule has 0 aliphatic carbocycles. The number of hydrogen-bond acceptors (Lipinski definition) is 24. The highest BCUT2D eigenvalue weighted by Gasteiger charge is 2.60. The zero-order valence-corrected chi connectivity index (χ0v) is 61.7. The van der Waals surface area contributed by atoms with E-state index in [1.54, 1.807) is 104 Å². The van der Waals surface area contributed by atoms with Crippen molar-refractivity contribution in [3.05, 3.63) is 83.9 Å². The maximum absolute atomic E-state index is 12.4. The third kappa shape index (κ3) is 18.2. The number of aryl methyl sites for hydroxylation is 2. The van der Waals surface area contributed by atoms with E-state index in [0.29, 0.717) is 22.6 Å². The molecule has 8 fully saturated rings. The van der Waals surface area contributed by atoms with Gasteiger partial charge in [-0.2, -0.15) is 25.3 Å². The summed E-state index contributed by atoms with van der Waals surface area (Å²) >= 11 is 0. The first-order valence-corrected chi connectivity index (χ1v) is 39.0. The topological polar surface area (TPSA) is 313 Å². The van der Waals surface area contributed by atoms with E-state index in [1.165, 1.54) is 38.1 Å². The molecule has 29 heteroatoms. The van der Waals surface area contributed by atoms with Gasteiger partial charge in [-0.05, 0) is 146 Å². The lowest BCUT2D eigenvalue weighted by Gasteiger charge is -2.33. The lowest BCUT2D eigenvalue weighted by atomic mass is 10.0. The second kappa shape index (κ2) is 29.3. The van der Waals surface area contributed by atoms with Gasteiger partial charge in [0.15, 0.2) is 28.9 Å². The maximum atomic E-state index is 12.4. The number of ether oxygens (including phenoxy) is 10. The molecule has 0 spiro atoms. The summed E-state index contributed by atoms with van der Waals surface area (Å²) in [6, 6.07) is 21.2. The molecular weight excluding hydrogens is 1320 g/mol. The molecule has 4 N–H and O–H groups in total. The minimum atomic E-state index is -4.15. The summed E-state index contributed by atoms with van der Waals surface area (Å²) in [5.41, 5.74) is 3.72. The van der Waals surface area contributed by atoms with Crippen molar-refractivity contribution in [1.82, 2.24) is 0 Å². The SMILES string of the molecule is C[C@@H](O)[C@H]1OC(C)(C)O[C@@H]1[C@@H](C)O.C[C@H]1OS(=O)(=O)O[C@H](C)[C@H]2OC(C)(C)O[C@@H]21.C[C@H]1[C@H]2OC(C)(C)O[C@@H]2[C@H](C)P1c1ccccc1P1[C@@H](C)[C@H]2OC(C)(C)O[C@@H]2[C@@H]1C.Cc1ccc(S(=O)(=O)OC[C@@H](O)[C@H]2OC(C)(C)O[C@@H]2[C@H](O)COS(=O)(=O)c2ccc(C)cc2)cc1. The molecule has 8 heterocycles. The first-order chi connectivity index (χ1) is 43.2. The number of aliphatic hydroxyl groups excluding tert-OH is 4. The van der Waals surface area contributed by atoms with Crippen LogP contribution >= 0.6 is 15.8 Å². The first-order valence-electron chi connectivity index (χ1n) is 31.9. The molecule has 0 unspecified atom stereocenters. The lowest BCUT2D eigenvalue weighted by Crippen LogP contribution is -2.46. The zero-order valence-electron chi connectivity index (χ0n) is 57.5. The summed E-state index contributed by atoms with van der Waals surface area (Å²) in [5.74, 6) is -3.63. The third-order valence-electron chi connectivity index (χ3n) is 17.5. The fourth-order valence-electron chi connectivity index (χ4n) is 13.4. The smallest absolute Gasteiger partial charge is 0.391 e. The Hall–Kier alpha value is -2.35. The third-order valence-corrected chi connectivity index (χ3v) is 27.9. The van der Waals surface area contributed by atoms with Gasteiger partial charge >= 0.3 is 10.4 Å². The highest BCUT2D eigenvalue weighted by molar-refractivity contribution is 7.87. The number of aliphatic hydroxyl groups is 4. The van der Waals surface area contributed by atoms with Crippen molar-refractivity contribution < 1.29 is 110 Å². The minimum Gasteiger partial charge on any atom is -0.391 e. The van der Waals surface area contributed by atoms with Crippen molar-refractivity contribution >= 4 is 57.1 Å². The second-order valence-corrected chi connectivity index (χ2v) is 38.1. The van der Waals surface area contributed by atoms with E-state index in [-0.39, 0.29) is 50.1 Å². The quantitative estimate of drug-likeness (QED) is 0.0930. The van der Waals surface area contributed by atoms with E-state index in [1.807, 2.05) is 27.7 Å². The van der Waals surface area contributed by atoms with Crippen LogP contribution < -0.4 is 10.6 Å².